The van der Waals surface area contributed by atoms with Crippen molar-refractivity contribution < 1.29 is 12.9 Å². The molecule has 0 aromatic carbocycles. The second kappa shape index (κ2) is 5.10. The SMILES string of the molecule is CNc1ncc(S(=O)(=O)NCc2ccon2)cn1. The van der Waals surface area contributed by atoms with Gasteiger partial charge in [-0.05, 0) is 0 Å². The van der Waals surface area contributed by atoms with E-state index in [1.165, 1.54) is 18.7 Å². The average Bonchev–Trinajstić information content (AvgIpc) is 2.90. The summed E-state index contributed by atoms with van der Waals surface area (Å²) in [5.74, 6) is 0.352. The van der Waals surface area contributed by atoms with Gasteiger partial charge in [0.15, 0.2) is 0 Å². The van der Waals surface area contributed by atoms with Crippen molar-refractivity contribution in [2.45, 2.75) is 11.4 Å². The monoisotopic (exact) mass is 269 g/mol. The minimum atomic E-state index is -3.65. The summed E-state index contributed by atoms with van der Waals surface area (Å²) in [4.78, 5) is 7.66. The topological polar surface area (TPSA) is 110 Å². The van der Waals surface area contributed by atoms with Gasteiger partial charge in [-0.15, -0.1) is 0 Å². The first-order chi connectivity index (χ1) is 8.62. The Kier molecular flexibility index (Phi) is 3.53. The van der Waals surface area contributed by atoms with Gasteiger partial charge in [0.1, 0.15) is 11.2 Å². The van der Waals surface area contributed by atoms with Crippen LogP contribution in [0, 0.1) is 0 Å². The van der Waals surface area contributed by atoms with Crippen molar-refractivity contribution in [3.63, 3.8) is 0 Å². The summed E-state index contributed by atoms with van der Waals surface area (Å²) in [6.45, 7) is 0.0482. The van der Waals surface area contributed by atoms with Gasteiger partial charge >= 0.3 is 0 Å². The molecule has 8 nitrogen and oxygen atoms in total. The number of nitrogens with zero attached hydrogens (tertiary/aromatic N) is 3. The van der Waals surface area contributed by atoms with Gasteiger partial charge in [-0.3, -0.25) is 0 Å². The summed E-state index contributed by atoms with van der Waals surface area (Å²) in [5.41, 5.74) is 0.492. The maximum Gasteiger partial charge on any atom is 0.244 e. The number of anilines is 1. The molecule has 0 unspecified atom stereocenters. The quantitative estimate of drug-likeness (QED) is 0.785. The van der Waals surface area contributed by atoms with Gasteiger partial charge in [-0.1, -0.05) is 5.16 Å². The Morgan fingerprint density at radius 2 is 2.06 bits per heavy atom. The molecule has 9 heteroatoms. The molecule has 0 radical (unpaired) electrons. The van der Waals surface area contributed by atoms with E-state index in [1.54, 1.807) is 13.1 Å². The Bertz CT molecular complexity index is 594. The van der Waals surface area contributed by atoms with E-state index in [4.69, 9.17) is 0 Å². The smallest absolute Gasteiger partial charge is 0.244 e. The molecule has 0 aliphatic rings. The lowest BCUT2D eigenvalue weighted by Crippen LogP contribution is -2.23. The van der Waals surface area contributed by atoms with E-state index in [0.717, 1.165) is 0 Å². The summed E-state index contributed by atoms with van der Waals surface area (Å²) in [7, 11) is -2.00. The number of rotatable bonds is 5. The molecule has 0 aliphatic carbocycles. The van der Waals surface area contributed by atoms with E-state index in [2.05, 4.69) is 29.7 Å². The molecule has 0 spiro atoms. The molecule has 0 saturated heterocycles. The highest BCUT2D eigenvalue weighted by Gasteiger charge is 2.15. The van der Waals surface area contributed by atoms with Crippen LogP contribution in [0.1, 0.15) is 5.69 Å². The van der Waals surface area contributed by atoms with Crippen LogP contribution in [0.15, 0.2) is 34.1 Å². The second-order valence-corrected chi connectivity index (χ2v) is 5.07. The van der Waals surface area contributed by atoms with Gasteiger partial charge in [0, 0.05) is 13.1 Å². The third kappa shape index (κ3) is 2.81. The molecule has 0 fully saturated rings. The van der Waals surface area contributed by atoms with Crippen LogP contribution in [-0.2, 0) is 16.6 Å². The highest BCUT2D eigenvalue weighted by atomic mass is 32.2. The summed E-state index contributed by atoms with van der Waals surface area (Å²) < 4.78 is 30.7. The predicted octanol–water partition coefficient (Wildman–Crippen LogP) is -0.0152. The Balaban J connectivity index is 2.09. The van der Waals surface area contributed by atoms with Crippen molar-refractivity contribution in [1.29, 1.82) is 0 Å². The number of hydrogen-bond donors (Lipinski definition) is 2. The van der Waals surface area contributed by atoms with Gasteiger partial charge in [0.05, 0.1) is 24.6 Å². The molecule has 2 aromatic heterocycles. The van der Waals surface area contributed by atoms with Crippen molar-refractivity contribution in [3.05, 3.63) is 30.4 Å². The minimum Gasteiger partial charge on any atom is -0.364 e. The fraction of sp³-hybridized carbons (Fsp3) is 0.222. The molecule has 0 saturated carbocycles. The van der Waals surface area contributed by atoms with E-state index in [9.17, 15) is 8.42 Å². The number of aromatic nitrogens is 3. The molecular formula is C9H11N5O3S. The highest BCUT2D eigenvalue weighted by Crippen LogP contribution is 2.07. The lowest BCUT2D eigenvalue weighted by Gasteiger charge is -2.04. The van der Waals surface area contributed by atoms with Gasteiger partial charge in [-0.2, -0.15) is 0 Å². The van der Waals surface area contributed by atoms with Crippen LogP contribution in [0.2, 0.25) is 0 Å². The summed E-state index contributed by atoms with van der Waals surface area (Å²) in [6.07, 6.45) is 3.82. The van der Waals surface area contributed by atoms with Crippen LogP contribution in [0.25, 0.3) is 0 Å². The van der Waals surface area contributed by atoms with Crippen LogP contribution < -0.4 is 10.0 Å². The predicted molar refractivity (Wildman–Crippen MR) is 62.1 cm³/mol. The molecule has 2 aromatic rings. The van der Waals surface area contributed by atoms with E-state index >= 15 is 0 Å². The molecule has 0 aliphatic heterocycles. The van der Waals surface area contributed by atoms with Gasteiger partial charge in [0.2, 0.25) is 16.0 Å². The number of nitrogens with one attached hydrogen (secondary N) is 2. The van der Waals surface area contributed by atoms with Gasteiger partial charge in [0.25, 0.3) is 0 Å². The lowest BCUT2D eigenvalue weighted by atomic mass is 10.5. The zero-order valence-corrected chi connectivity index (χ0v) is 10.3. The first-order valence-electron chi connectivity index (χ1n) is 5.00. The molecule has 18 heavy (non-hydrogen) atoms. The fourth-order valence-corrected chi connectivity index (χ4v) is 2.05. The molecule has 0 amide bonds. The maximum absolute atomic E-state index is 11.9. The largest absolute Gasteiger partial charge is 0.364 e. The molecule has 2 N–H and O–H groups in total. The molecular weight excluding hydrogens is 258 g/mol. The third-order valence-electron chi connectivity index (χ3n) is 2.10. The van der Waals surface area contributed by atoms with E-state index in [1.807, 2.05) is 0 Å². The molecule has 0 atom stereocenters. The van der Waals surface area contributed by atoms with Crippen molar-refractivity contribution in [3.8, 4) is 0 Å². The zero-order valence-electron chi connectivity index (χ0n) is 9.49. The van der Waals surface area contributed by atoms with E-state index < -0.39 is 10.0 Å². The molecule has 2 heterocycles. The highest BCUT2D eigenvalue weighted by molar-refractivity contribution is 7.89. The Hall–Kier alpha value is -2.00. The standard InChI is InChI=1S/C9H11N5O3S/c1-10-9-11-5-8(6-12-9)18(15,16)13-4-7-2-3-17-14-7/h2-3,5-6,13H,4H2,1H3,(H,10,11,12). The third-order valence-corrected chi connectivity index (χ3v) is 3.45. The van der Waals surface area contributed by atoms with Gasteiger partial charge in [-0.25, -0.2) is 23.1 Å². The van der Waals surface area contributed by atoms with Crippen molar-refractivity contribution >= 4 is 16.0 Å². The van der Waals surface area contributed by atoms with Crippen LogP contribution in [0.4, 0.5) is 5.95 Å². The van der Waals surface area contributed by atoms with Crippen molar-refractivity contribution in [2.24, 2.45) is 0 Å². The first kappa shape index (κ1) is 12.5. The Labute approximate surface area is 103 Å². The molecule has 0 bridgehead atoms. The summed E-state index contributed by atoms with van der Waals surface area (Å²) in [5, 5.41) is 6.30. The number of sulfonamides is 1. The van der Waals surface area contributed by atoms with Crippen molar-refractivity contribution in [1.82, 2.24) is 19.8 Å². The summed E-state index contributed by atoms with van der Waals surface area (Å²) >= 11 is 0. The maximum atomic E-state index is 11.9. The van der Waals surface area contributed by atoms with E-state index in [0.29, 0.717) is 11.6 Å². The van der Waals surface area contributed by atoms with Crippen LogP contribution in [-0.4, -0.2) is 30.6 Å². The lowest BCUT2D eigenvalue weighted by molar-refractivity contribution is 0.411. The van der Waals surface area contributed by atoms with E-state index in [-0.39, 0.29) is 11.4 Å². The van der Waals surface area contributed by atoms with Gasteiger partial charge < -0.3 is 9.84 Å². The Morgan fingerprint density at radius 3 is 2.61 bits per heavy atom. The fourth-order valence-electron chi connectivity index (χ4n) is 1.17. The number of hydrogen-bond acceptors (Lipinski definition) is 7. The normalized spacial score (nSPS) is 11.4. The minimum absolute atomic E-state index is 0.00926. The molecule has 2 rings (SSSR count). The first-order valence-corrected chi connectivity index (χ1v) is 6.49. The zero-order chi connectivity index (χ0) is 13.0. The Morgan fingerprint density at radius 1 is 1.33 bits per heavy atom. The van der Waals surface area contributed by atoms with Crippen molar-refractivity contribution in [2.75, 3.05) is 12.4 Å². The van der Waals surface area contributed by atoms with Crippen LogP contribution >= 0.6 is 0 Å². The van der Waals surface area contributed by atoms with Crippen LogP contribution in [0.3, 0.4) is 0 Å². The van der Waals surface area contributed by atoms with Crippen LogP contribution in [0.5, 0.6) is 0 Å². The molecule has 96 valence electrons. The average molecular weight is 269 g/mol. The summed E-state index contributed by atoms with van der Waals surface area (Å²) in [6, 6.07) is 1.57. The second-order valence-electron chi connectivity index (χ2n) is 3.31.